The zero-order valence-electron chi connectivity index (χ0n) is 13.5. The number of nitrogens with one attached hydrogen (secondary N) is 2. The summed E-state index contributed by atoms with van der Waals surface area (Å²) in [6.07, 6.45) is 0. The van der Waals surface area contributed by atoms with Crippen LogP contribution in [0.25, 0.3) is 0 Å². The Morgan fingerprint density at radius 3 is 2.81 bits per heavy atom. The van der Waals surface area contributed by atoms with Gasteiger partial charge in [0.15, 0.2) is 4.34 Å². The molecule has 10 heteroatoms. The van der Waals surface area contributed by atoms with Crippen molar-refractivity contribution in [3.8, 4) is 0 Å². The van der Waals surface area contributed by atoms with Crippen molar-refractivity contribution in [1.82, 2.24) is 15.5 Å². The second kappa shape index (κ2) is 8.63. The van der Waals surface area contributed by atoms with Crippen LogP contribution in [-0.2, 0) is 11.3 Å². The molecular formula is C16H13ClN4O2S3. The van der Waals surface area contributed by atoms with Gasteiger partial charge in [0.05, 0.1) is 16.4 Å². The highest BCUT2D eigenvalue weighted by molar-refractivity contribution is 8.01. The minimum atomic E-state index is -0.218. The summed E-state index contributed by atoms with van der Waals surface area (Å²) in [5.41, 5.74) is 2.27. The number of hydrogen-bond donors (Lipinski definition) is 2. The first-order valence-electron chi connectivity index (χ1n) is 7.39. The van der Waals surface area contributed by atoms with E-state index in [0.717, 1.165) is 14.1 Å². The van der Waals surface area contributed by atoms with Crippen LogP contribution in [0.4, 0.5) is 5.69 Å². The molecule has 0 radical (unpaired) electrons. The fraction of sp³-hybridized carbons (Fsp3) is 0.125. The number of carbonyl (C=O) groups excluding carboxylic acids is 2. The van der Waals surface area contributed by atoms with Crippen LogP contribution in [0.5, 0.6) is 0 Å². The predicted molar refractivity (Wildman–Crippen MR) is 105 cm³/mol. The number of hydrogen-bond acceptors (Lipinski definition) is 7. The SMILES string of the molecule is CC(=O)NCc1ccc(C(=O)Nc2ccc(Sc3nncs3)c(Cl)c2)s1. The number of rotatable bonds is 6. The number of aromatic nitrogens is 2. The maximum atomic E-state index is 12.4. The smallest absolute Gasteiger partial charge is 0.265 e. The summed E-state index contributed by atoms with van der Waals surface area (Å²) in [5.74, 6) is -0.324. The minimum absolute atomic E-state index is 0.106. The van der Waals surface area contributed by atoms with E-state index in [1.807, 2.05) is 12.1 Å². The third-order valence-electron chi connectivity index (χ3n) is 3.12. The molecule has 0 aliphatic heterocycles. The molecule has 3 rings (SSSR count). The van der Waals surface area contributed by atoms with E-state index in [1.165, 1.54) is 41.4 Å². The number of amides is 2. The molecule has 0 spiro atoms. The van der Waals surface area contributed by atoms with Gasteiger partial charge >= 0.3 is 0 Å². The van der Waals surface area contributed by atoms with E-state index in [2.05, 4.69) is 20.8 Å². The lowest BCUT2D eigenvalue weighted by Crippen LogP contribution is -2.18. The third-order valence-corrected chi connectivity index (χ3v) is 6.49. The fourth-order valence-corrected chi connectivity index (χ4v) is 4.54. The van der Waals surface area contributed by atoms with E-state index >= 15 is 0 Å². The maximum absolute atomic E-state index is 12.4. The second-order valence-corrected chi connectivity index (χ2v) is 8.78. The summed E-state index contributed by atoms with van der Waals surface area (Å²) < 4.78 is 0.800. The Bertz CT molecular complexity index is 927. The molecule has 0 atom stereocenters. The van der Waals surface area contributed by atoms with Crippen LogP contribution < -0.4 is 10.6 Å². The molecule has 2 heterocycles. The molecule has 6 nitrogen and oxygen atoms in total. The molecule has 0 saturated carbocycles. The van der Waals surface area contributed by atoms with Crippen LogP contribution in [-0.4, -0.2) is 22.0 Å². The van der Waals surface area contributed by atoms with Gasteiger partial charge in [0.2, 0.25) is 5.91 Å². The van der Waals surface area contributed by atoms with Crippen LogP contribution in [0.15, 0.2) is 45.1 Å². The molecule has 26 heavy (non-hydrogen) atoms. The second-order valence-electron chi connectivity index (χ2n) is 5.08. The van der Waals surface area contributed by atoms with E-state index in [0.29, 0.717) is 22.1 Å². The molecule has 0 fully saturated rings. The van der Waals surface area contributed by atoms with Crippen molar-refractivity contribution < 1.29 is 9.59 Å². The molecule has 2 amide bonds. The van der Waals surface area contributed by atoms with Gasteiger partial charge in [0.1, 0.15) is 5.51 Å². The van der Waals surface area contributed by atoms with Gasteiger partial charge in [0, 0.05) is 22.4 Å². The Kier molecular flexibility index (Phi) is 6.25. The maximum Gasteiger partial charge on any atom is 0.265 e. The first-order valence-corrected chi connectivity index (χ1v) is 10.3. The molecule has 2 aromatic heterocycles. The van der Waals surface area contributed by atoms with Gasteiger partial charge < -0.3 is 10.6 Å². The molecular weight excluding hydrogens is 412 g/mol. The van der Waals surface area contributed by atoms with Crippen LogP contribution in [0.2, 0.25) is 5.02 Å². The minimum Gasteiger partial charge on any atom is -0.351 e. The summed E-state index contributed by atoms with van der Waals surface area (Å²) in [6.45, 7) is 1.87. The van der Waals surface area contributed by atoms with Crippen molar-refractivity contribution in [3.05, 3.63) is 50.6 Å². The third kappa shape index (κ3) is 5.04. The molecule has 134 valence electrons. The average Bonchev–Trinajstić information content (AvgIpc) is 3.27. The Morgan fingerprint density at radius 2 is 2.12 bits per heavy atom. The zero-order valence-corrected chi connectivity index (χ0v) is 16.7. The Morgan fingerprint density at radius 1 is 1.27 bits per heavy atom. The molecule has 3 aromatic rings. The molecule has 0 bridgehead atoms. The first kappa shape index (κ1) is 18.8. The van der Waals surface area contributed by atoms with Crippen molar-refractivity contribution in [2.45, 2.75) is 22.7 Å². The number of anilines is 1. The van der Waals surface area contributed by atoms with Crippen molar-refractivity contribution in [2.24, 2.45) is 0 Å². The normalized spacial score (nSPS) is 10.5. The van der Waals surface area contributed by atoms with Crippen molar-refractivity contribution in [2.75, 3.05) is 5.32 Å². The van der Waals surface area contributed by atoms with Crippen LogP contribution in [0.1, 0.15) is 21.5 Å². The van der Waals surface area contributed by atoms with E-state index in [1.54, 1.807) is 23.7 Å². The lowest BCUT2D eigenvalue weighted by Gasteiger charge is -2.07. The quantitative estimate of drug-likeness (QED) is 0.616. The summed E-state index contributed by atoms with van der Waals surface area (Å²) >= 11 is 10.5. The highest BCUT2D eigenvalue weighted by Gasteiger charge is 2.12. The van der Waals surface area contributed by atoms with Crippen LogP contribution >= 0.6 is 46.0 Å². The summed E-state index contributed by atoms with van der Waals surface area (Å²) in [7, 11) is 0. The molecule has 0 aliphatic rings. The van der Waals surface area contributed by atoms with Crippen LogP contribution in [0, 0.1) is 0 Å². The molecule has 0 aliphatic carbocycles. The van der Waals surface area contributed by atoms with Crippen LogP contribution in [0.3, 0.4) is 0 Å². The highest BCUT2D eigenvalue weighted by Crippen LogP contribution is 2.35. The Labute approximate surface area is 167 Å². The predicted octanol–water partition coefficient (Wildman–Crippen LogP) is 4.29. The summed E-state index contributed by atoms with van der Waals surface area (Å²) in [5, 5.41) is 13.8. The molecule has 1 aromatic carbocycles. The topological polar surface area (TPSA) is 84.0 Å². The Balaban J connectivity index is 1.64. The molecule has 2 N–H and O–H groups in total. The standard InChI is InChI=1S/C16H13ClN4O2S3/c1-9(22)18-7-11-3-5-14(25-11)15(23)20-10-2-4-13(12(17)6-10)26-16-21-19-8-24-16/h2-6,8H,7H2,1H3,(H,18,22)(H,20,23). The first-order chi connectivity index (χ1) is 12.5. The largest absolute Gasteiger partial charge is 0.351 e. The van der Waals surface area contributed by atoms with Gasteiger partial charge in [-0.3, -0.25) is 9.59 Å². The number of nitrogens with zero attached hydrogens (tertiary/aromatic N) is 2. The fourth-order valence-electron chi connectivity index (χ4n) is 1.96. The zero-order chi connectivity index (χ0) is 18.5. The number of thiophene rings is 1. The molecule has 0 unspecified atom stereocenters. The van der Waals surface area contributed by atoms with Gasteiger partial charge in [-0.2, -0.15) is 0 Å². The van der Waals surface area contributed by atoms with E-state index in [9.17, 15) is 9.59 Å². The highest BCUT2D eigenvalue weighted by atomic mass is 35.5. The lowest BCUT2D eigenvalue weighted by molar-refractivity contribution is -0.119. The number of benzene rings is 1. The van der Waals surface area contributed by atoms with Gasteiger partial charge in [0.25, 0.3) is 5.91 Å². The number of carbonyl (C=O) groups is 2. The van der Waals surface area contributed by atoms with Gasteiger partial charge in [-0.25, -0.2) is 0 Å². The summed E-state index contributed by atoms with van der Waals surface area (Å²) in [4.78, 5) is 25.6. The van der Waals surface area contributed by atoms with Crippen molar-refractivity contribution >= 4 is 63.5 Å². The lowest BCUT2D eigenvalue weighted by atomic mass is 10.3. The summed E-state index contributed by atoms with van der Waals surface area (Å²) in [6, 6.07) is 8.89. The Hall–Kier alpha value is -1.94. The van der Waals surface area contributed by atoms with Gasteiger partial charge in [-0.1, -0.05) is 34.7 Å². The van der Waals surface area contributed by atoms with E-state index in [-0.39, 0.29) is 11.8 Å². The van der Waals surface area contributed by atoms with E-state index in [4.69, 9.17) is 11.6 Å². The van der Waals surface area contributed by atoms with E-state index < -0.39 is 0 Å². The number of halogens is 1. The van der Waals surface area contributed by atoms with Crippen molar-refractivity contribution in [1.29, 1.82) is 0 Å². The molecule has 0 saturated heterocycles. The van der Waals surface area contributed by atoms with Crippen molar-refractivity contribution in [3.63, 3.8) is 0 Å². The average molecular weight is 425 g/mol. The monoisotopic (exact) mass is 424 g/mol. The van der Waals surface area contributed by atoms with Gasteiger partial charge in [-0.15, -0.1) is 21.5 Å². The van der Waals surface area contributed by atoms with Gasteiger partial charge in [-0.05, 0) is 30.3 Å².